The Labute approximate surface area is 117 Å². The number of nitrogens with zero attached hydrogens (tertiary/aromatic N) is 2. The Morgan fingerprint density at radius 2 is 1.89 bits per heavy atom. The fraction of sp³-hybridized carbons (Fsp3) is 0.143. The maximum absolute atomic E-state index is 12.5. The summed E-state index contributed by atoms with van der Waals surface area (Å²) in [4.78, 5) is 18.6. The molecule has 2 heterocycles. The van der Waals surface area contributed by atoms with Gasteiger partial charge in [-0.2, -0.15) is 0 Å². The number of pyridine rings is 1. The predicted octanol–water partition coefficient (Wildman–Crippen LogP) is 3.17. The molecule has 0 N–H and O–H groups in total. The van der Waals surface area contributed by atoms with E-state index in [0.29, 0.717) is 21.9 Å². The molecule has 0 aliphatic rings. The van der Waals surface area contributed by atoms with Crippen molar-refractivity contribution >= 4 is 43.7 Å². The maximum atomic E-state index is 12.5. The summed E-state index contributed by atoms with van der Waals surface area (Å²) < 4.78 is 6.57. The van der Waals surface area contributed by atoms with Gasteiger partial charge in [-0.15, -0.1) is 0 Å². The van der Waals surface area contributed by atoms with Crippen LogP contribution in [-0.2, 0) is 0 Å². The highest BCUT2D eigenvalue weighted by atomic mass is 79.9. The molecule has 5 heteroatoms. The molecular weight excluding hydrogens is 308 g/mol. The van der Waals surface area contributed by atoms with Crippen molar-refractivity contribution in [2.75, 3.05) is 19.0 Å². The number of anilines is 1. The minimum Gasteiger partial charge on any atom is -0.454 e. The van der Waals surface area contributed by atoms with Gasteiger partial charge in [0.2, 0.25) is 5.43 Å². The van der Waals surface area contributed by atoms with Crippen LogP contribution in [0, 0.1) is 0 Å². The van der Waals surface area contributed by atoms with Gasteiger partial charge in [0.15, 0.2) is 5.58 Å². The van der Waals surface area contributed by atoms with Gasteiger partial charge in [0.1, 0.15) is 11.4 Å². The molecule has 0 fully saturated rings. The van der Waals surface area contributed by atoms with Gasteiger partial charge in [0, 0.05) is 18.6 Å². The molecule has 0 aliphatic carbocycles. The van der Waals surface area contributed by atoms with Crippen LogP contribution in [0.25, 0.3) is 21.9 Å². The SMILES string of the molecule is CN(C)c1cc2c(=O)c3cc(Br)ccc3oc2cn1. The Balaban J connectivity index is 2.45. The van der Waals surface area contributed by atoms with E-state index in [-0.39, 0.29) is 5.43 Å². The van der Waals surface area contributed by atoms with Gasteiger partial charge < -0.3 is 9.32 Å². The Morgan fingerprint density at radius 1 is 1.16 bits per heavy atom. The number of hydrogen-bond acceptors (Lipinski definition) is 4. The summed E-state index contributed by atoms with van der Waals surface area (Å²) in [7, 11) is 3.76. The third kappa shape index (κ3) is 2.00. The molecule has 0 spiro atoms. The molecule has 0 amide bonds. The van der Waals surface area contributed by atoms with Crippen LogP contribution in [0.2, 0.25) is 0 Å². The molecule has 0 bridgehead atoms. The minimum absolute atomic E-state index is 0.0388. The van der Waals surface area contributed by atoms with E-state index in [1.807, 2.05) is 25.1 Å². The molecule has 0 aliphatic heterocycles. The normalized spacial score (nSPS) is 11.1. The zero-order valence-corrected chi connectivity index (χ0v) is 12.1. The first kappa shape index (κ1) is 12.2. The molecule has 1 aromatic carbocycles. The first-order valence-corrected chi connectivity index (χ1v) is 6.55. The Hall–Kier alpha value is -1.88. The molecule has 2 aromatic heterocycles. The van der Waals surface area contributed by atoms with E-state index in [2.05, 4.69) is 20.9 Å². The van der Waals surface area contributed by atoms with Crippen LogP contribution in [0.4, 0.5) is 5.82 Å². The number of benzene rings is 1. The average molecular weight is 319 g/mol. The van der Waals surface area contributed by atoms with Crippen molar-refractivity contribution in [1.29, 1.82) is 0 Å². The number of halogens is 1. The highest BCUT2D eigenvalue weighted by Crippen LogP contribution is 2.23. The van der Waals surface area contributed by atoms with Crippen molar-refractivity contribution in [3.63, 3.8) is 0 Å². The van der Waals surface area contributed by atoms with Gasteiger partial charge in [-0.05, 0) is 24.3 Å². The summed E-state index contributed by atoms with van der Waals surface area (Å²) >= 11 is 3.37. The van der Waals surface area contributed by atoms with Crippen LogP contribution in [0.15, 0.2) is 44.1 Å². The van der Waals surface area contributed by atoms with Crippen LogP contribution in [0.1, 0.15) is 0 Å². The van der Waals surface area contributed by atoms with Gasteiger partial charge in [0.05, 0.1) is 17.0 Å². The Morgan fingerprint density at radius 3 is 2.63 bits per heavy atom. The molecule has 3 aromatic rings. The van der Waals surface area contributed by atoms with Crippen molar-refractivity contribution in [3.8, 4) is 0 Å². The fourth-order valence-corrected chi connectivity index (χ4v) is 2.33. The van der Waals surface area contributed by atoms with Crippen molar-refractivity contribution in [3.05, 3.63) is 45.2 Å². The quantitative estimate of drug-likeness (QED) is 0.646. The standard InChI is InChI=1S/C14H11BrN2O2/c1-17(2)13-6-10-12(7-16-13)19-11-4-3-8(15)5-9(11)14(10)18/h3-7H,1-2H3. The number of rotatable bonds is 1. The summed E-state index contributed by atoms with van der Waals surface area (Å²) in [6.45, 7) is 0. The fourth-order valence-electron chi connectivity index (χ4n) is 1.97. The highest BCUT2D eigenvalue weighted by Gasteiger charge is 2.10. The van der Waals surface area contributed by atoms with Crippen molar-refractivity contribution in [2.45, 2.75) is 0 Å². The molecule has 3 rings (SSSR count). The summed E-state index contributed by atoms with van der Waals surface area (Å²) in [5.41, 5.74) is 1.04. The van der Waals surface area contributed by atoms with E-state index in [1.165, 1.54) is 0 Å². The van der Waals surface area contributed by atoms with Crippen LogP contribution >= 0.6 is 15.9 Å². The maximum Gasteiger partial charge on any atom is 0.200 e. The van der Waals surface area contributed by atoms with E-state index in [0.717, 1.165) is 10.3 Å². The van der Waals surface area contributed by atoms with E-state index in [1.54, 1.807) is 24.4 Å². The summed E-state index contributed by atoms with van der Waals surface area (Å²) in [6.07, 6.45) is 1.59. The highest BCUT2D eigenvalue weighted by molar-refractivity contribution is 9.10. The molecule has 4 nitrogen and oxygen atoms in total. The number of fused-ring (bicyclic) bond motifs is 2. The number of hydrogen-bond donors (Lipinski definition) is 0. The lowest BCUT2D eigenvalue weighted by Gasteiger charge is -2.11. The van der Waals surface area contributed by atoms with Gasteiger partial charge in [-0.1, -0.05) is 15.9 Å². The van der Waals surface area contributed by atoms with Gasteiger partial charge in [-0.25, -0.2) is 4.98 Å². The lowest BCUT2D eigenvalue weighted by molar-refractivity contribution is 0.657. The second kappa shape index (κ2) is 4.35. The third-order valence-corrected chi connectivity index (χ3v) is 3.46. The van der Waals surface area contributed by atoms with Gasteiger partial charge in [-0.3, -0.25) is 4.79 Å². The largest absolute Gasteiger partial charge is 0.454 e. The minimum atomic E-state index is -0.0388. The third-order valence-electron chi connectivity index (χ3n) is 2.96. The number of aromatic nitrogens is 1. The van der Waals surface area contributed by atoms with E-state index < -0.39 is 0 Å². The first-order valence-electron chi connectivity index (χ1n) is 5.76. The smallest absolute Gasteiger partial charge is 0.200 e. The molecule has 0 radical (unpaired) electrons. The summed E-state index contributed by atoms with van der Waals surface area (Å²) in [5.74, 6) is 0.731. The average Bonchev–Trinajstić information content (AvgIpc) is 2.39. The lowest BCUT2D eigenvalue weighted by atomic mass is 10.1. The Bertz CT molecular complexity index is 840. The second-order valence-electron chi connectivity index (χ2n) is 4.50. The molecule has 0 saturated heterocycles. The molecular formula is C14H11BrN2O2. The monoisotopic (exact) mass is 318 g/mol. The molecule has 0 atom stereocenters. The van der Waals surface area contributed by atoms with Gasteiger partial charge in [0.25, 0.3) is 0 Å². The zero-order valence-electron chi connectivity index (χ0n) is 10.5. The lowest BCUT2D eigenvalue weighted by Crippen LogP contribution is -2.11. The summed E-state index contributed by atoms with van der Waals surface area (Å²) in [5, 5.41) is 1.11. The second-order valence-corrected chi connectivity index (χ2v) is 5.42. The van der Waals surface area contributed by atoms with E-state index >= 15 is 0 Å². The molecule has 0 saturated carbocycles. The first-order chi connectivity index (χ1) is 9.06. The molecule has 0 unspecified atom stereocenters. The zero-order chi connectivity index (χ0) is 13.6. The van der Waals surface area contributed by atoms with Crippen LogP contribution < -0.4 is 10.3 Å². The van der Waals surface area contributed by atoms with E-state index in [4.69, 9.17) is 4.42 Å². The molecule has 19 heavy (non-hydrogen) atoms. The van der Waals surface area contributed by atoms with Crippen LogP contribution in [-0.4, -0.2) is 19.1 Å². The van der Waals surface area contributed by atoms with Crippen LogP contribution in [0.5, 0.6) is 0 Å². The Kier molecular flexibility index (Phi) is 2.78. The van der Waals surface area contributed by atoms with Crippen molar-refractivity contribution < 1.29 is 4.42 Å². The van der Waals surface area contributed by atoms with Crippen molar-refractivity contribution in [2.24, 2.45) is 0 Å². The summed E-state index contributed by atoms with van der Waals surface area (Å²) in [6, 6.07) is 7.15. The predicted molar refractivity (Wildman–Crippen MR) is 79.8 cm³/mol. The van der Waals surface area contributed by atoms with Crippen LogP contribution in [0.3, 0.4) is 0 Å². The topological polar surface area (TPSA) is 46.3 Å². The van der Waals surface area contributed by atoms with E-state index in [9.17, 15) is 4.79 Å². The molecule has 96 valence electrons. The van der Waals surface area contributed by atoms with Gasteiger partial charge >= 0.3 is 0 Å². The van der Waals surface area contributed by atoms with Crippen molar-refractivity contribution in [1.82, 2.24) is 4.98 Å².